The van der Waals surface area contributed by atoms with E-state index in [4.69, 9.17) is 0 Å². The molecule has 0 saturated heterocycles. The Kier molecular flexibility index (Phi) is 5.10. The number of rotatable bonds is 5. The molecule has 25 heavy (non-hydrogen) atoms. The van der Waals surface area contributed by atoms with Gasteiger partial charge in [-0.15, -0.1) is 0 Å². The van der Waals surface area contributed by atoms with Crippen molar-refractivity contribution >= 4 is 17.5 Å². The molecule has 0 aliphatic heterocycles. The fraction of sp³-hybridized carbons (Fsp3) is 0.0870. The average Bonchev–Trinajstić information content (AvgIpc) is 2.67. The zero-order valence-corrected chi connectivity index (χ0v) is 14.5. The topological polar surface area (TPSA) is 20.3 Å². The summed E-state index contributed by atoms with van der Waals surface area (Å²) >= 11 is 0. The second-order valence-corrected chi connectivity index (χ2v) is 6.07. The Morgan fingerprint density at radius 1 is 0.800 bits per heavy atom. The number of hydrogen-bond donors (Lipinski definition) is 0. The van der Waals surface area contributed by atoms with Crippen LogP contribution in [0.4, 0.5) is 5.69 Å². The molecule has 0 saturated carbocycles. The van der Waals surface area contributed by atoms with Crippen LogP contribution in [0.2, 0.25) is 0 Å². The molecule has 0 heterocycles. The van der Waals surface area contributed by atoms with Crippen LogP contribution in [0.3, 0.4) is 0 Å². The van der Waals surface area contributed by atoms with E-state index in [0.29, 0.717) is 5.56 Å². The van der Waals surface area contributed by atoms with Crippen molar-refractivity contribution < 1.29 is 4.79 Å². The summed E-state index contributed by atoms with van der Waals surface area (Å²) in [6, 6.07) is 25.8. The molecule has 0 atom stereocenters. The van der Waals surface area contributed by atoms with Gasteiger partial charge in [-0.25, -0.2) is 0 Å². The van der Waals surface area contributed by atoms with Crippen LogP contribution in [-0.2, 0) is 0 Å². The quantitative estimate of drug-likeness (QED) is 0.467. The number of anilines is 1. The number of ketones is 1. The molecule has 2 heteroatoms. The van der Waals surface area contributed by atoms with E-state index >= 15 is 0 Å². The zero-order chi connectivity index (χ0) is 17.6. The molecule has 0 aliphatic carbocycles. The van der Waals surface area contributed by atoms with Gasteiger partial charge < -0.3 is 4.90 Å². The maximum Gasteiger partial charge on any atom is 0.185 e. The first kappa shape index (κ1) is 16.7. The predicted molar refractivity (Wildman–Crippen MR) is 106 cm³/mol. The van der Waals surface area contributed by atoms with Gasteiger partial charge in [0.25, 0.3) is 0 Å². The van der Waals surface area contributed by atoms with E-state index in [-0.39, 0.29) is 5.78 Å². The highest BCUT2D eigenvalue weighted by Gasteiger charge is 2.11. The van der Waals surface area contributed by atoms with Gasteiger partial charge in [-0.1, -0.05) is 78.9 Å². The molecule has 3 rings (SSSR count). The molecule has 0 fully saturated rings. The molecule has 0 spiro atoms. The molecule has 0 unspecified atom stereocenters. The Morgan fingerprint density at radius 2 is 1.44 bits per heavy atom. The molecule has 0 bridgehead atoms. The molecule has 3 aromatic carbocycles. The van der Waals surface area contributed by atoms with Crippen molar-refractivity contribution in [2.45, 2.75) is 0 Å². The Hall–Kier alpha value is -3.13. The smallest absolute Gasteiger partial charge is 0.185 e. The Bertz CT molecular complexity index is 880. The van der Waals surface area contributed by atoms with Crippen LogP contribution < -0.4 is 4.90 Å². The van der Waals surface area contributed by atoms with Gasteiger partial charge in [-0.3, -0.25) is 4.79 Å². The third kappa shape index (κ3) is 3.86. The van der Waals surface area contributed by atoms with E-state index in [2.05, 4.69) is 23.1 Å². The summed E-state index contributed by atoms with van der Waals surface area (Å²) < 4.78 is 0. The molecular weight excluding hydrogens is 306 g/mol. The van der Waals surface area contributed by atoms with Crippen molar-refractivity contribution in [3.8, 4) is 11.1 Å². The van der Waals surface area contributed by atoms with Gasteiger partial charge >= 0.3 is 0 Å². The number of benzene rings is 3. The first-order valence-electron chi connectivity index (χ1n) is 8.30. The van der Waals surface area contributed by atoms with Crippen LogP contribution in [-0.4, -0.2) is 19.9 Å². The predicted octanol–water partition coefficient (Wildman–Crippen LogP) is 5.32. The molecule has 3 aromatic rings. The van der Waals surface area contributed by atoms with Crippen LogP contribution in [0.5, 0.6) is 0 Å². The summed E-state index contributed by atoms with van der Waals surface area (Å²) in [4.78, 5) is 14.5. The Labute approximate surface area is 149 Å². The summed E-state index contributed by atoms with van der Waals surface area (Å²) in [6.45, 7) is 0. The maximum absolute atomic E-state index is 12.4. The molecule has 2 nitrogen and oxygen atoms in total. The minimum Gasteiger partial charge on any atom is -0.377 e. The van der Waals surface area contributed by atoms with E-state index in [1.807, 2.05) is 80.8 Å². The van der Waals surface area contributed by atoms with Crippen molar-refractivity contribution in [3.63, 3.8) is 0 Å². The van der Waals surface area contributed by atoms with Gasteiger partial charge in [-0.2, -0.15) is 0 Å². The largest absolute Gasteiger partial charge is 0.377 e. The van der Waals surface area contributed by atoms with Gasteiger partial charge in [0.05, 0.1) is 0 Å². The van der Waals surface area contributed by atoms with Gasteiger partial charge in [0, 0.05) is 30.9 Å². The molecular formula is C23H21NO. The molecule has 0 amide bonds. The van der Waals surface area contributed by atoms with Crippen LogP contribution in [0.1, 0.15) is 15.9 Å². The lowest BCUT2D eigenvalue weighted by Gasteiger charge is -2.19. The second-order valence-electron chi connectivity index (χ2n) is 6.07. The van der Waals surface area contributed by atoms with Gasteiger partial charge in [0.2, 0.25) is 0 Å². The number of allylic oxidation sites excluding steroid dienone is 1. The van der Waals surface area contributed by atoms with Gasteiger partial charge in [0.1, 0.15) is 0 Å². The first-order valence-corrected chi connectivity index (χ1v) is 8.30. The van der Waals surface area contributed by atoms with Crippen molar-refractivity contribution in [1.29, 1.82) is 0 Å². The van der Waals surface area contributed by atoms with Crippen LogP contribution in [0, 0.1) is 0 Å². The van der Waals surface area contributed by atoms with E-state index < -0.39 is 0 Å². The highest BCUT2D eigenvalue weighted by Crippen LogP contribution is 2.34. The highest BCUT2D eigenvalue weighted by atomic mass is 16.1. The molecule has 0 N–H and O–H groups in total. The SMILES string of the molecule is CN(C)c1cccc(C=CC(=O)c2ccccc2)c1-c1ccccc1. The fourth-order valence-corrected chi connectivity index (χ4v) is 2.85. The monoisotopic (exact) mass is 327 g/mol. The summed E-state index contributed by atoms with van der Waals surface area (Å²) in [6.07, 6.45) is 3.56. The second kappa shape index (κ2) is 7.63. The normalized spacial score (nSPS) is 10.8. The summed E-state index contributed by atoms with van der Waals surface area (Å²) in [5.74, 6) is 0.00914. The standard InChI is InChI=1S/C23H21NO/c1-24(2)21-15-9-14-20(23(21)19-12-7-4-8-13-19)16-17-22(25)18-10-5-3-6-11-18/h3-17H,1-2H3. The van der Waals surface area contributed by atoms with Gasteiger partial charge in [0.15, 0.2) is 5.78 Å². The molecule has 0 aromatic heterocycles. The van der Waals surface area contributed by atoms with Crippen LogP contribution >= 0.6 is 0 Å². The number of carbonyl (C=O) groups is 1. The number of nitrogens with zero attached hydrogens (tertiary/aromatic N) is 1. The maximum atomic E-state index is 12.4. The first-order chi connectivity index (χ1) is 12.2. The fourth-order valence-electron chi connectivity index (χ4n) is 2.85. The number of hydrogen-bond acceptors (Lipinski definition) is 2. The van der Waals surface area contributed by atoms with E-state index in [1.165, 1.54) is 0 Å². The minimum absolute atomic E-state index is 0.00914. The zero-order valence-electron chi connectivity index (χ0n) is 14.5. The third-order valence-electron chi connectivity index (χ3n) is 4.09. The Balaban J connectivity index is 2.03. The van der Waals surface area contributed by atoms with Crippen molar-refractivity contribution in [2.75, 3.05) is 19.0 Å². The summed E-state index contributed by atoms with van der Waals surface area (Å²) in [5.41, 5.74) is 5.12. The van der Waals surface area contributed by atoms with E-state index in [9.17, 15) is 4.79 Å². The van der Waals surface area contributed by atoms with Gasteiger partial charge in [-0.05, 0) is 23.3 Å². The van der Waals surface area contributed by atoms with E-state index in [1.54, 1.807) is 6.08 Å². The summed E-state index contributed by atoms with van der Waals surface area (Å²) in [7, 11) is 4.06. The van der Waals surface area contributed by atoms with Crippen molar-refractivity contribution in [2.24, 2.45) is 0 Å². The molecule has 124 valence electrons. The third-order valence-corrected chi connectivity index (χ3v) is 4.09. The lowest BCUT2D eigenvalue weighted by atomic mass is 9.96. The lowest BCUT2D eigenvalue weighted by molar-refractivity contribution is 0.104. The van der Waals surface area contributed by atoms with Crippen LogP contribution in [0.25, 0.3) is 17.2 Å². The Morgan fingerprint density at radius 3 is 2.08 bits per heavy atom. The molecule has 0 radical (unpaired) electrons. The average molecular weight is 327 g/mol. The van der Waals surface area contributed by atoms with Crippen molar-refractivity contribution in [3.05, 3.63) is 96.1 Å². The molecule has 0 aliphatic rings. The van der Waals surface area contributed by atoms with Crippen LogP contribution in [0.15, 0.2) is 84.9 Å². The minimum atomic E-state index is 0.00914. The highest BCUT2D eigenvalue weighted by molar-refractivity contribution is 6.07. The number of carbonyl (C=O) groups excluding carboxylic acids is 1. The summed E-state index contributed by atoms with van der Waals surface area (Å²) in [5, 5.41) is 0. The van der Waals surface area contributed by atoms with Crippen molar-refractivity contribution in [1.82, 2.24) is 0 Å². The van der Waals surface area contributed by atoms with E-state index in [0.717, 1.165) is 22.4 Å². The lowest BCUT2D eigenvalue weighted by Crippen LogP contribution is -2.10.